The lowest BCUT2D eigenvalue weighted by molar-refractivity contribution is 0.308. The predicted molar refractivity (Wildman–Crippen MR) is 94.5 cm³/mol. The SMILES string of the molecule is COc1ncc(Cl)c(N2C[C@H]3CN(Cc4ccccc4)C[C@H]3C2)n1. The number of ether oxygens (including phenoxy) is 1. The zero-order valence-electron chi connectivity index (χ0n) is 13.7. The van der Waals surface area contributed by atoms with Gasteiger partial charge in [0.15, 0.2) is 5.82 Å². The molecule has 4 rings (SSSR count). The van der Waals surface area contributed by atoms with Gasteiger partial charge in [0.05, 0.1) is 13.3 Å². The van der Waals surface area contributed by atoms with Crippen LogP contribution in [0.1, 0.15) is 5.56 Å². The largest absolute Gasteiger partial charge is 0.467 e. The van der Waals surface area contributed by atoms with E-state index in [1.165, 1.54) is 5.56 Å². The van der Waals surface area contributed by atoms with Crippen LogP contribution in [-0.4, -0.2) is 48.2 Å². The van der Waals surface area contributed by atoms with E-state index in [1.807, 2.05) is 0 Å². The molecule has 2 aromatic rings. The predicted octanol–water partition coefficient (Wildman–Crippen LogP) is 2.71. The van der Waals surface area contributed by atoms with Gasteiger partial charge in [-0.1, -0.05) is 41.9 Å². The molecule has 126 valence electrons. The summed E-state index contributed by atoms with van der Waals surface area (Å²) in [5.74, 6) is 2.14. The van der Waals surface area contributed by atoms with Crippen LogP contribution in [0.15, 0.2) is 36.5 Å². The molecule has 2 aliphatic heterocycles. The van der Waals surface area contributed by atoms with Crippen LogP contribution in [0.4, 0.5) is 5.82 Å². The van der Waals surface area contributed by atoms with Crippen LogP contribution in [0.3, 0.4) is 0 Å². The maximum absolute atomic E-state index is 6.29. The van der Waals surface area contributed by atoms with E-state index in [2.05, 4.69) is 50.1 Å². The molecule has 0 spiro atoms. The summed E-state index contributed by atoms with van der Waals surface area (Å²) in [7, 11) is 1.58. The van der Waals surface area contributed by atoms with Gasteiger partial charge in [0, 0.05) is 32.7 Å². The number of halogens is 1. The summed E-state index contributed by atoms with van der Waals surface area (Å²) in [5, 5.41) is 0.594. The number of aromatic nitrogens is 2. The first-order valence-electron chi connectivity index (χ1n) is 8.30. The molecule has 2 atom stereocenters. The van der Waals surface area contributed by atoms with Crippen molar-refractivity contribution in [2.45, 2.75) is 6.54 Å². The average molecular weight is 345 g/mol. The van der Waals surface area contributed by atoms with Crippen molar-refractivity contribution in [1.82, 2.24) is 14.9 Å². The summed E-state index contributed by atoms with van der Waals surface area (Å²) in [6.07, 6.45) is 1.62. The summed E-state index contributed by atoms with van der Waals surface area (Å²) in [6, 6.07) is 11.1. The molecule has 2 aliphatic rings. The zero-order chi connectivity index (χ0) is 16.5. The molecule has 24 heavy (non-hydrogen) atoms. The molecule has 5 nitrogen and oxygen atoms in total. The Balaban J connectivity index is 1.41. The van der Waals surface area contributed by atoms with Crippen molar-refractivity contribution in [1.29, 1.82) is 0 Å². The van der Waals surface area contributed by atoms with Gasteiger partial charge in [-0.25, -0.2) is 4.98 Å². The topological polar surface area (TPSA) is 41.5 Å². The van der Waals surface area contributed by atoms with Gasteiger partial charge in [-0.05, 0) is 17.4 Å². The van der Waals surface area contributed by atoms with Crippen LogP contribution < -0.4 is 9.64 Å². The Kier molecular flexibility index (Phi) is 4.29. The fourth-order valence-corrected chi connectivity index (χ4v) is 4.11. The lowest BCUT2D eigenvalue weighted by atomic mass is 10.0. The van der Waals surface area contributed by atoms with Crippen LogP contribution in [0.5, 0.6) is 6.01 Å². The Morgan fingerprint density at radius 1 is 1.12 bits per heavy atom. The number of fused-ring (bicyclic) bond motifs is 1. The quantitative estimate of drug-likeness (QED) is 0.853. The third-order valence-electron chi connectivity index (χ3n) is 5.00. The summed E-state index contributed by atoms with van der Waals surface area (Å²) < 4.78 is 5.13. The molecular weight excluding hydrogens is 324 g/mol. The summed E-state index contributed by atoms with van der Waals surface area (Å²) in [6.45, 7) is 5.30. The van der Waals surface area contributed by atoms with E-state index >= 15 is 0 Å². The van der Waals surface area contributed by atoms with Gasteiger partial charge in [-0.3, -0.25) is 4.90 Å². The highest BCUT2D eigenvalue weighted by molar-refractivity contribution is 6.32. The minimum atomic E-state index is 0.372. The second-order valence-electron chi connectivity index (χ2n) is 6.63. The van der Waals surface area contributed by atoms with Gasteiger partial charge in [0.25, 0.3) is 0 Å². The molecule has 2 fully saturated rings. The molecule has 0 saturated carbocycles. The van der Waals surface area contributed by atoms with Gasteiger partial charge in [0.2, 0.25) is 0 Å². The summed E-state index contributed by atoms with van der Waals surface area (Å²) in [4.78, 5) is 13.3. The van der Waals surface area contributed by atoms with E-state index in [1.54, 1.807) is 13.3 Å². The fraction of sp³-hybridized carbons (Fsp3) is 0.444. The molecule has 3 heterocycles. The Morgan fingerprint density at radius 2 is 1.83 bits per heavy atom. The van der Waals surface area contributed by atoms with Crippen LogP contribution in [0.25, 0.3) is 0 Å². The number of methoxy groups -OCH3 is 1. The summed E-state index contributed by atoms with van der Waals surface area (Å²) >= 11 is 6.29. The molecule has 2 saturated heterocycles. The van der Waals surface area contributed by atoms with Crippen molar-refractivity contribution in [3.63, 3.8) is 0 Å². The van der Waals surface area contributed by atoms with Crippen molar-refractivity contribution in [2.75, 3.05) is 38.2 Å². The highest BCUT2D eigenvalue weighted by Gasteiger charge is 2.40. The molecule has 1 aromatic heterocycles. The van der Waals surface area contributed by atoms with Crippen molar-refractivity contribution >= 4 is 17.4 Å². The first-order chi connectivity index (χ1) is 11.7. The number of hydrogen-bond donors (Lipinski definition) is 0. The molecular formula is C18H21ClN4O. The first kappa shape index (κ1) is 15.7. The Hall–Kier alpha value is -1.85. The zero-order valence-corrected chi connectivity index (χ0v) is 14.5. The van der Waals surface area contributed by atoms with Crippen molar-refractivity contribution in [3.05, 3.63) is 47.1 Å². The van der Waals surface area contributed by atoms with E-state index in [4.69, 9.17) is 16.3 Å². The number of benzene rings is 1. The van der Waals surface area contributed by atoms with Gasteiger partial charge in [-0.15, -0.1) is 0 Å². The monoisotopic (exact) mass is 344 g/mol. The normalized spacial score (nSPS) is 23.5. The number of nitrogens with zero attached hydrogens (tertiary/aromatic N) is 4. The van der Waals surface area contributed by atoms with Crippen molar-refractivity contribution < 1.29 is 4.74 Å². The number of hydrogen-bond acceptors (Lipinski definition) is 5. The number of anilines is 1. The molecule has 0 N–H and O–H groups in total. The summed E-state index contributed by atoms with van der Waals surface area (Å²) in [5.41, 5.74) is 1.39. The minimum Gasteiger partial charge on any atom is -0.467 e. The van der Waals surface area contributed by atoms with Crippen LogP contribution in [0, 0.1) is 11.8 Å². The van der Waals surface area contributed by atoms with Crippen molar-refractivity contribution in [2.24, 2.45) is 11.8 Å². The maximum atomic E-state index is 6.29. The molecule has 1 aromatic carbocycles. The van der Waals surface area contributed by atoms with E-state index < -0.39 is 0 Å². The van der Waals surface area contributed by atoms with Crippen molar-refractivity contribution in [3.8, 4) is 6.01 Å². The van der Waals surface area contributed by atoms with E-state index in [0.29, 0.717) is 22.9 Å². The molecule has 0 aliphatic carbocycles. The van der Waals surface area contributed by atoms with E-state index in [-0.39, 0.29) is 0 Å². The first-order valence-corrected chi connectivity index (χ1v) is 8.68. The Labute approximate surface area is 147 Å². The lowest BCUT2D eigenvalue weighted by Crippen LogP contribution is -2.29. The number of rotatable bonds is 4. The van der Waals surface area contributed by atoms with Crippen LogP contribution >= 0.6 is 11.6 Å². The second-order valence-corrected chi connectivity index (χ2v) is 7.04. The third-order valence-corrected chi connectivity index (χ3v) is 5.26. The van der Waals surface area contributed by atoms with E-state index in [0.717, 1.165) is 38.5 Å². The second kappa shape index (κ2) is 6.57. The molecule has 0 radical (unpaired) electrons. The van der Waals surface area contributed by atoms with Gasteiger partial charge < -0.3 is 9.64 Å². The van der Waals surface area contributed by atoms with Gasteiger partial charge >= 0.3 is 6.01 Å². The van der Waals surface area contributed by atoms with E-state index in [9.17, 15) is 0 Å². The molecule has 0 unspecified atom stereocenters. The Morgan fingerprint density at radius 3 is 2.50 bits per heavy atom. The minimum absolute atomic E-state index is 0.372. The highest BCUT2D eigenvalue weighted by atomic mass is 35.5. The third kappa shape index (κ3) is 3.06. The smallest absolute Gasteiger partial charge is 0.318 e. The fourth-order valence-electron chi connectivity index (χ4n) is 3.90. The molecule has 0 amide bonds. The molecule has 6 heteroatoms. The standard InChI is InChI=1S/C18H21ClN4O/c1-24-18-20-7-16(19)17(21-18)23-11-14-9-22(10-15(14)12-23)8-13-5-3-2-4-6-13/h2-7,14-15H,8-12H2,1H3/t14-,15+. The van der Waals surface area contributed by atoms with Crippen LogP contribution in [-0.2, 0) is 6.54 Å². The highest BCUT2D eigenvalue weighted by Crippen LogP contribution is 2.36. The van der Waals surface area contributed by atoms with Crippen LogP contribution in [0.2, 0.25) is 5.02 Å². The van der Waals surface area contributed by atoms with Gasteiger partial charge in [-0.2, -0.15) is 4.98 Å². The average Bonchev–Trinajstić information content (AvgIpc) is 3.14. The van der Waals surface area contributed by atoms with Gasteiger partial charge in [0.1, 0.15) is 5.02 Å². The maximum Gasteiger partial charge on any atom is 0.318 e. The number of likely N-dealkylation sites (tertiary alicyclic amines) is 1. The lowest BCUT2D eigenvalue weighted by Gasteiger charge is -2.23. The molecule has 0 bridgehead atoms. The Bertz CT molecular complexity index is 697.